The molecule has 1 fully saturated rings. The minimum Gasteiger partial charge on any atom is -0.733 e. The average Bonchev–Trinajstić information content (AvgIpc) is 3.18. The van der Waals surface area contributed by atoms with Crippen molar-refractivity contribution in [3.05, 3.63) is 63.3 Å². The predicted octanol–water partition coefficient (Wildman–Crippen LogP) is 3.35. The Labute approximate surface area is 190 Å². The Morgan fingerprint density at radius 3 is 2.70 bits per heavy atom. The summed E-state index contributed by atoms with van der Waals surface area (Å²) < 4.78 is 9.08. The van der Waals surface area contributed by atoms with Crippen molar-refractivity contribution >= 4 is 22.5 Å². The molecule has 5 rings (SSSR count). The highest BCUT2D eigenvalue weighted by atomic mass is 16.8. The van der Waals surface area contributed by atoms with Crippen molar-refractivity contribution in [2.45, 2.75) is 38.8 Å². The van der Waals surface area contributed by atoms with E-state index in [0.717, 1.165) is 23.0 Å². The summed E-state index contributed by atoms with van der Waals surface area (Å²) in [5, 5.41) is 21.0. The van der Waals surface area contributed by atoms with E-state index in [-0.39, 0.29) is 34.7 Å². The van der Waals surface area contributed by atoms with E-state index in [4.69, 9.17) is 4.74 Å². The molecule has 2 aliphatic heterocycles. The van der Waals surface area contributed by atoms with Crippen molar-refractivity contribution in [2.75, 3.05) is 25.4 Å². The third kappa shape index (κ3) is 3.48. The molecule has 3 aromatic rings. The number of amides is 1. The normalized spacial score (nSPS) is 19.6. The zero-order valence-corrected chi connectivity index (χ0v) is 18.9. The number of hydrogen-bond donors (Lipinski definition) is 1. The van der Waals surface area contributed by atoms with Crippen LogP contribution in [0.3, 0.4) is 0 Å². The minimum absolute atomic E-state index is 0.00465. The molecule has 1 N–H and O–H groups in total. The lowest BCUT2D eigenvalue weighted by Crippen LogP contribution is -2.49. The third-order valence-corrected chi connectivity index (χ3v) is 6.90. The maximum absolute atomic E-state index is 13.7. The highest BCUT2D eigenvalue weighted by Crippen LogP contribution is 2.37. The molecule has 1 saturated heterocycles. The topological polar surface area (TPSA) is 103 Å². The summed E-state index contributed by atoms with van der Waals surface area (Å²) in [6.07, 6.45) is 2.81. The quantitative estimate of drug-likeness (QED) is 0.611. The number of hydrogen-bond acceptors (Lipinski definition) is 6. The summed E-state index contributed by atoms with van der Waals surface area (Å²) in [7, 11) is 1.61. The molecule has 2 bridgehead atoms. The van der Waals surface area contributed by atoms with Crippen molar-refractivity contribution in [1.82, 2.24) is 14.0 Å². The smallest absolute Gasteiger partial charge is 0.275 e. The fourth-order valence-electron chi connectivity index (χ4n) is 5.37. The summed E-state index contributed by atoms with van der Waals surface area (Å²) in [5.41, 5.74) is 1.65. The molecule has 1 aromatic carbocycles. The van der Waals surface area contributed by atoms with Crippen molar-refractivity contribution in [3.8, 4) is 5.75 Å². The van der Waals surface area contributed by atoms with Crippen LogP contribution in [0.25, 0.3) is 10.9 Å². The van der Waals surface area contributed by atoms with Gasteiger partial charge in [-0.1, -0.05) is 0 Å². The molecule has 9 nitrogen and oxygen atoms in total. The summed E-state index contributed by atoms with van der Waals surface area (Å²) in [6, 6.07) is 9.05. The van der Waals surface area contributed by atoms with Gasteiger partial charge in [-0.25, -0.2) is 0 Å². The monoisotopic (exact) mass is 451 g/mol. The molecular weight excluding hydrogens is 424 g/mol. The summed E-state index contributed by atoms with van der Waals surface area (Å²) in [5.74, 6) is 0.764. The number of pyridine rings is 1. The number of rotatable bonds is 4. The molecule has 0 spiro atoms. The lowest BCUT2D eigenvalue weighted by atomic mass is 9.83. The van der Waals surface area contributed by atoms with Gasteiger partial charge in [-0.05, 0) is 56.5 Å². The Kier molecular flexibility index (Phi) is 5.18. The van der Waals surface area contributed by atoms with Crippen LogP contribution in [0, 0.1) is 11.1 Å². The zero-order valence-electron chi connectivity index (χ0n) is 18.9. The first kappa shape index (κ1) is 21.5. The molecule has 2 atom stereocenters. The number of carbonyl (C=O) groups excluding carboxylic acids is 1. The molecule has 9 heteroatoms. The van der Waals surface area contributed by atoms with Gasteiger partial charge in [-0.2, -0.15) is 0 Å². The molecule has 2 aliphatic rings. The maximum atomic E-state index is 13.7. The van der Waals surface area contributed by atoms with Gasteiger partial charge in [0.2, 0.25) is 0 Å². The average molecular weight is 452 g/mol. The standard InChI is InChI=1S/C24H27N4O5/c1-14(2)26-13-19(18-9-17(33-3)4-5-21(18)26)23(29)25-10-15-8-16(12-25)20-6-7-22(28(31)32)24(30)27(20)11-15/h4-7,9,13-16,31H,8,10-12H2,1-3H3/q-1. The van der Waals surface area contributed by atoms with E-state index in [1.54, 1.807) is 17.7 Å². The van der Waals surface area contributed by atoms with Crippen LogP contribution < -0.4 is 15.5 Å². The Hall–Kier alpha value is -3.30. The lowest BCUT2D eigenvalue weighted by molar-refractivity contribution is 0.0596. The number of piperidine rings is 1. The van der Waals surface area contributed by atoms with Gasteiger partial charge < -0.3 is 29.2 Å². The Bertz CT molecular complexity index is 1290. The zero-order chi connectivity index (χ0) is 23.4. The number of anilines is 1. The molecule has 4 heterocycles. The molecule has 1 amide bonds. The van der Waals surface area contributed by atoms with Crippen LogP contribution in [0.15, 0.2) is 41.3 Å². The highest BCUT2D eigenvalue weighted by molar-refractivity contribution is 6.07. The van der Waals surface area contributed by atoms with Gasteiger partial charge in [-0.3, -0.25) is 14.8 Å². The van der Waals surface area contributed by atoms with E-state index in [2.05, 4.69) is 18.4 Å². The van der Waals surface area contributed by atoms with E-state index in [1.807, 2.05) is 29.3 Å². The fraction of sp³-hybridized carbons (Fsp3) is 0.417. The van der Waals surface area contributed by atoms with Crippen LogP contribution in [0.4, 0.5) is 5.69 Å². The largest absolute Gasteiger partial charge is 0.733 e. The molecular formula is C24H27N4O5-. The lowest BCUT2D eigenvalue weighted by Gasteiger charge is -2.43. The van der Waals surface area contributed by atoms with Gasteiger partial charge in [0.15, 0.2) is 0 Å². The maximum Gasteiger partial charge on any atom is 0.275 e. The number of aromatic nitrogens is 2. The summed E-state index contributed by atoms with van der Waals surface area (Å²) in [6.45, 7) is 5.61. The molecule has 2 unspecified atom stereocenters. The molecule has 2 aromatic heterocycles. The molecule has 0 saturated carbocycles. The van der Waals surface area contributed by atoms with Crippen LogP contribution in [0.5, 0.6) is 5.75 Å². The van der Waals surface area contributed by atoms with E-state index >= 15 is 0 Å². The van der Waals surface area contributed by atoms with Crippen LogP contribution in [0.1, 0.15) is 48.3 Å². The van der Waals surface area contributed by atoms with E-state index in [9.17, 15) is 20.0 Å². The highest BCUT2D eigenvalue weighted by Gasteiger charge is 2.37. The van der Waals surface area contributed by atoms with Gasteiger partial charge in [0.25, 0.3) is 11.5 Å². The fourth-order valence-corrected chi connectivity index (χ4v) is 5.37. The minimum atomic E-state index is -0.494. The van der Waals surface area contributed by atoms with Crippen molar-refractivity contribution in [3.63, 3.8) is 0 Å². The first-order valence-electron chi connectivity index (χ1n) is 11.2. The van der Waals surface area contributed by atoms with Gasteiger partial charge in [0.1, 0.15) is 11.4 Å². The van der Waals surface area contributed by atoms with Crippen LogP contribution in [-0.4, -0.2) is 45.3 Å². The van der Waals surface area contributed by atoms with Crippen molar-refractivity contribution < 1.29 is 14.7 Å². The number of ether oxygens (including phenoxy) is 1. The molecule has 174 valence electrons. The van der Waals surface area contributed by atoms with Crippen LogP contribution in [-0.2, 0) is 6.54 Å². The van der Waals surface area contributed by atoms with E-state index < -0.39 is 5.56 Å². The second-order valence-electron chi connectivity index (χ2n) is 9.27. The van der Waals surface area contributed by atoms with Gasteiger partial charge in [0.05, 0.1) is 12.7 Å². The van der Waals surface area contributed by atoms with Gasteiger partial charge in [0, 0.05) is 54.4 Å². The van der Waals surface area contributed by atoms with E-state index in [1.165, 1.54) is 6.07 Å². The summed E-state index contributed by atoms with van der Waals surface area (Å²) >= 11 is 0. The number of methoxy groups -OCH3 is 1. The Balaban J connectivity index is 1.50. The number of benzene rings is 1. The predicted molar refractivity (Wildman–Crippen MR) is 124 cm³/mol. The first-order valence-corrected chi connectivity index (χ1v) is 11.2. The Morgan fingerprint density at radius 1 is 1.21 bits per heavy atom. The Morgan fingerprint density at radius 2 is 2.00 bits per heavy atom. The number of fused-ring (bicyclic) bond motifs is 5. The first-order chi connectivity index (χ1) is 15.8. The van der Waals surface area contributed by atoms with Crippen molar-refractivity contribution in [2.24, 2.45) is 5.92 Å². The SMILES string of the molecule is COc1ccc2c(c1)c(C(=O)N1CC3CC(C1)c1ccc(N([O-])O)c(=O)n1C3)cn2C(C)C. The second kappa shape index (κ2) is 7.93. The molecule has 33 heavy (non-hydrogen) atoms. The van der Waals surface area contributed by atoms with Crippen LogP contribution in [0.2, 0.25) is 0 Å². The van der Waals surface area contributed by atoms with Crippen molar-refractivity contribution in [1.29, 1.82) is 0 Å². The molecule has 0 aliphatic carbocycles. The second-order valence-corrected chi connectivity index (χ2v) is 9.27. The number of likely N-dealkylation sites (tertiary alicyclic amines) is 1. The third-order valence-electron chi connectivity index (χ3n) is 6.90. The van der Waals surface area contributed by atoms with Crippen LogP contribution >= 0.6 is 0 Å². The molecule has 0 radical (unpaired) electrons. The van der Waals surface area contributed by atoms with E-state index in [0.29, 0.717) is 30.9 Å². The summed E-state index contributed by atoms with van der Waals surface area (Å²) in [4.78, 5) is 28.3. The number of carbonyl (C=O) groups is 1. The number of nitrogens with zero attached hydrogens (tertiary/aromatic N) is 4. The van der Waals surface area contributed by atoms with Gasteiger partial charge >= 0.3 is 0 Å². The van der Waals surface area contributed by atoms with Gasteiger partial charge in [-0.15, -0.1) is 0 Å².